The lowest BCUT2D eigenvalue weighted by Crippen LogP contribution is -2.22. The summed E-state index contributed by atoms with van der Waals surface area (Å²) in [5, 5.41) is 0. The second-order valence-electron chi connectivity index (χ2n) is 5.68. The molecule has 0 amide bonds. The van der Waals surface area contributed by atoms with Crippen molar-refractivity contribution in [3.63, 3.8) is 0 Å². The fourth-order valence-corrected chi connectivity index (χ4v) is 1.98. The molecule has 1 atom stereocenters. The minimum absolute atomic E-state index is 0.271. The van der Waals surface area contributed by atoms with E-state index >= 15 is 0 Å². The number of pyridine rings is 1. The Kier molecular flexibility index (Phi) is 3.08. The molecule has 3 nitrogen and oxygen atoms in total. The molecular formula is C13H19N3S. The van der Waals surface area contributed by atoms with Crippen LogP contribution in [0.5, 0.6) is 0 Å². The van der Waals surface area contributed by atoms with Gasteiger partial charge < -0.3 is 9.55 Å². The molecule has 0 aromatic carbocycles. The van der Waals surface area contributed by atoms with E-state index in [1.807, 2.05) is 18.3 Å². The largest absolute Gasteiger partial charge is 0.329 e. The first-order valence-electron chi connectivity index (χ1n) is 5.93. The summed E-state index contributed by atoms with van der Waals surface area (Å²) in [5.41, 5.74) is 2.24. The minimum atomic E-state index is 0.271. The van der Waals surface area contributed by atoms with Crippen LogP contribution in [0.3, 0.4) is 0 Å². The van der Waals surface area contributed by atoms with Gasteiger partial charge in [-0.1, -0.05) is 27.7 Å². The number of fused-ring (bicyclic) bond motifs is 1. The normalized spacial score (nSPS) is 14.1. The number of aromatic amines is 1. The number of nitrogens with one attached hydrogen (secondary N) is 1. The van der Waals surface area contributed by atoms with Gasteiger partial charge in [-0.15, -0.1) is 0 Å². The second kappa shape index (κ2) is 4.26. The van der Waals surface area contributed by atoms with E-state index < -0.39 is 0 Å². The molecule has 92 valence electrons. The zero-order valence-corrected chi connectivity index (χ0v) is 11.6. The van der Waals surface area contributed by atoms with Crippen molar-refractivity contribution in [1.29, 1.82) is 0 Å². The van der Waals surface area contributed by atoms with Crippen molar-refractivity contribution in [1.82, 2.24) is 14.5 Å². The van der Waals surface area contributed by atoms with E-state index in [9.17, 15) is 0 Å². The molecule has 0 saturated carbocycles. The number of imidazole rings is 1. The van der Waals surface area contributed by atoms with Crippen molar-refractivity contribution in [2.24, 2.45) is 11.3 Å². The van der Waals surface area contributed by atoms with Gasteiger partial charge in [0, 0.05) is 12.7 Å². The molecule has 0 spiro atoms. The molecule has 2 aromatic rings. The summed E-state index contributed by atoms with van der Waals surface area (Å²) in [6.45, 7) is 9.92. The van der Waals surface area contributed by atoms with Gasteiger partial charge in [-0.25, -0.2) is 4.98 Å². The third-order valence-electron chi connectivity index (χ3n) is 3.46. The zero-order valence-electron chi connectivity index (χ0n) is 10.8. The number of hydrogen-bond donors (Lipinski definition) is 1. The number of hydrogen-bond acceptors (Lipinski definition) is 2. The van der Waals surface area contributed by atoms with Crippen LogP contribution in [0.1, 0.15) is 27.7 Å². The molecule has 1 N–H and O–H groups in total. The van der Waals surface area contributed by atoms with E-state index in [2.05, 4.69) is 42.2 Å². The predicted molar refractivity (Wildman–Crippen MR) is 73.5 cm³/mol. The molecular weight excluding hydrogens is 230 g/mol. The Hall–Kier alpha value is -1.16. The van der Waals surface area contributed by atoms with Crippen molar-refractivity contribution in [3.05, 3.63) is 23.1 Å². The van der Waals surface area contributed by atoms with E-state index in [4.69, 9.17) is 12.2 Å². The lowest BCUT2D eigenvalue weighted by molar-refractivity contribution is 0.234. The maximum atomic E-state index is 5.36. The predicted octanol–water partition coefficient (Wildman–Crippen LogP) is 3.78. The number of H-pyrrole nitrogens is 1. The maximum Gasteiger partial charge on any atom is 0.179 e. The van der Waals surface area contributed by atoms with Crippen molar-refractivity contribution in [2.75, 3.05) is 0 Å². The Morgan fingerprint density at radius 3 is 2.82 bits per heavy atom. The van der Waals surface area contributed by atoms with Crippen LogP contribution in [0, 0.1) is 16.1 Å². The molecule has 0 radical (unpaired) electrons. The highest BCUT2D eigenvalue weighted by Crippen LogP contribution is 2.27. The Balaban J connectivity index is 2.43. The summed E-state index contributed by atoms with van der Waals surface area (Å²) in [5.74, 6) is 0.537. The molecule has 2 rings (SSSR count). The first kappa shape index (κ1) is 12.3. The van der Waals surface area contributed by atoms with Gasteiger partial charge in [-0.3, -0.25) is 0 Å². The van der Waals surface area contributed by atoms with Crippen LogP contribution in [-0.4, -0.2) is 14.5 Å². The molecule has 1 unspecified atom stereocenters. The molecule has 0 fully saturated rings. The van der Waals surface area contributed by atoms with Gasteiger partial charge in [0.15, 0.2) is 10.4 Å². The van der Waals surface area contributed by atoms with Crippen molar-refractivity contribution >= 4 is 23.4 Å². The van der Waals surface area contributed by atoms with Gasteiger partial charge in [0.05, 0.1) is 5.52 Å². The van der Waals surface area contributed by atoms with Crippen molar-refractivity contribution in [2.45, 2.75) is 34.2 Å². The minimum Gasteiger partial charge on any atom is -0.329 e. The van der Waals surface area contributed by atoms with E-state index in [1.165, 1.54) is 0 Å². The molecule has 4 heteroatoms. The van der Waals surface area contributed by atoms with Crippen LogP contribution in [-0.2, 0) is 6.54 Å². The summed E-state index contributed by atoms with van der Waals surface area (Å²) in [7, 11) is 0. The summed E-state index contributed by atoms with van der Waals surface area (Å²) in [4.78, 5) is 7.60. The van der Waals surface area contributed by atoms with Gasteiger partial charge in [0.2, 0.25) is 0 Å². The highest BCUT2D eigenvalue weighted by molar-refractivity contribution is 7.71. The lowest BCUT2D eigenvalue weighted by atomic mass is 9.82. The van der Waals surface area contributed by atoms with Crippen LogP contribution < -0.4 is 0 Å². The fraction of sp³-hybridized carbons (Fsp3) is 0.538. The molecule has 2 heterocycles. The second-order valence-corrected chi connectivity index (χ2v) is 6.07. The molecule has 0 aliphatic carbocycles. The summed E-state index contributed by atoms with van der Waals surface area (Å²) in [6, 6.07) is 3.93. The van der Waals surface area contributed by atoms with Crippen LogP contribution in [0.25, 0.3) is 11.2 Å². The van der Waals surface area contributed by atoms with Crippen molar-refractivity contribution in [3.8, 4) is 0 Å². The Labute approximate surface area is 107 Å². The topological polar surface area (TPSA) is 33.6 Å². The van der Waals surface area contributed by atoms with Gasteiger partial charge >= 0.3 is 0 Å². The zero-order chi connectivity index (χ0) is 12.6. The van der Waals surface area contributed by atoms with Crippen LogP contribution in [0.4, 0.5) is 0 Å². The molecule has 0 saturated heterocycles. The first-order chi connectivity index (χ1) is 7.89. The SMILES string of the molecule is CC(Cn1c(=S)[nH]c2cccnc21)C(C)(C)C. The van der Waals surface area contributed by atoms with Gasteiger partial charge in [-0.2, -0.15) is 0 Å². The van der Waals surface area contributed by atoms with Crippen molar-refractivity contribution < 1.29 is 0 Å². The van der Waals surface area contributed by atoms with E-state index in [0.29, 0.717) is 5.92 Å². The van der Waals surface area contributed by atoms with E-state index in [1.54, 1.807) is 0 Å². The number of rotatable bonds is 2. The Morgan fingerprint density at radius 1 is 1.47 bits per heavy atom. The molecule has 0 aliphatic rings. The highest BCUT2D eigenvalue weighted by atomic mass is 32.1. The third kappa shape index (κ3) is 2.41. The van der Waals surface area contributed by atoms with Gasteiger partial charge in [0.25, 0.3) is 0 Å². The molecule has 2 aromatic heterocycles. The first-order valence-corrected chi connectivity index (χ1v) is 6.34. The Bertz CT molecular complexity index is 574. The standard InChI is InChI=1S/C13H19N3S/c1-9(13(2,3)4)8-16-11-10(15-12(16)17)6-5-7-14-11/h5-7,9H,8H2,1-4H3,(H,15,17). The van der Waals surface area contributed by atoms with Crippen LogP contribution in [0.2, 0.25) is 0 Å². The quantitative estimate of drug-likeness (QED) is 0.822. The molecule has 17 heavy (non-hydrogen) atoms. The summed E-state index contributed by atoms with van der Waals surface area (Å²) >= 11 is 5.36. The lowest BCUT2D eigenvalue weighted by Gasteiger charge is -2.27. The van der Waals surface area contributed by atoms with Crippen LogP contribution in [0.15, 0.2) is 18.3 Å². The van der Waals surface area contributed by atoms with E-state index in [-0.39, 0.29) is 5.41 Å². The average Bonchev–Trinajstić information content (AvgIpc) is 2.54. The van der Waals surface area contributed by atoms with Gasteiger partial charge in [-0.05, 0) is 35.7 Å². The molecule has 0 aliphatic heterocycles. The Morgan fingerprint density at radius 2 is 2.18 bits per heavy atom. The van der Waals surface area contributed by atoms with Gasteiger partial charge in [0.1, 0.15) is 0 Å². The monoisotopic (exact) mass is 249 g/mol. The number of nitrogens with zero attached hydrogens (tertiary/aromatic N) is 2. The average molecular weight is 249 g/mol. The fourth-order valence-electron chi connectivity index (χ4n) is 1.71. The summed E-state index contributed by atoms with van der Waals surface area (Å²) in [6.07, 6.45) is 1.81. The number of aromatic nitrogens is 3. The molecule has 0 bridgehead atoms. The third-order valence-corrected chi connectivity index (χ3v) is 3.79. The maximum absolute atomic E-state index is 5.36. The van der Waals surface area contributed by atoms with E-state index in [0.717, 1.165) is 22.5 Å². The van der Waals surface area contributed by atoms with Crippen LogP contribution >= 0.6 is 12.2 Å². The summed E-state index contributed by atoms with van der Waals surface area (Å²) < 4.78 is 2.86. The smallest absolute Gasteiger partial charge is 0.179 e. The highest BCUT2D eigenvalue weighted by Gasteiger charge is 2.21.